The third-order valence-electron chi connectivity index (χ3n) is 10.9. The Morgan fingerprint density at radius 2 is 1.15 bits per heavy atom. The highest BCUT2D eigenvalue weighted by atomic mass is 16.5. The molecule has 0 radical (unpaired) electrons. The molecule has 2 saturated heterocycles. The summed E-state index contributed by atoms with van der Waals surface area (Å²) in [5.74, 6) is 7.42. The lowest BCUT2D eigenvalue weighted by Crippen LogP contribution is -2.51. The second-order valence-electron chi connectivity index (χ2n) is 15.0. The number of nitrogens with zero attached hydrogens (tertiary/aromatic N) is 4. The van der Waals surface area contributed by atoms with Gasteiger partial charge < -0.3 is 39.9 Å². The predicted molar refractivity (Wildman–Crippen MR) is 220 cm³/mol. The number of carbonyl (C=O) groups is 4. The van der Waals surface area contributed by atoms with E-state index in [1.807, 2.05) is 92.7 Å². The van der Waals surface area contributed by atoms with Crippen LogP contribution in [0.5, 0.6) is 0 Å². The van der Waals surface area contributed by atoms with Gasteiger partial charge in [-0.15, -0.1) is 0 Å². The summed E-state index contributed by atoms with van der Waals surface area (Å²) in [4.78, 5) is 71.2. The molecule has 4 heterocycles. The van der Waals surface area contributed by atoms with Crippen molar-refractivity contribution in [3.05, 3.63) is 120 Å². The quantitative estimate of drug-likeness (QED) is 0.113. The van der Waals surface area contributed by atoms with Gasteiger partial charge in [0.15, 0.2) is 0 Å². The fourth-order valence-corrected chi connectivity index (χ4v) is 7.70. The minimum absolute atomic E-state index is 0.109. The van der Waals surface area contributed by atoms with Crippen LogP contribution in [0.25, 0.3) is 22.5 Å². The van der Waals surface area contributed by atoms with E-state index in [2.05, 4.69) is 42.4 Å². The molecule has 0 spiro atoms. The van der Waals surface area contributed by atoms with E-state index in [-0.39, 0.29) is 29.8 Å². The van der Waals surface area contributed by atoms with Crippen LogP contribution in [-0.4, -0.2) is 87.1 Å². The summed E-state index contributed by atoms with van der Waals surface area (Å²) < 4.78 is 9.56. The van der Waals surface area contributed by atoms with Gasteiger partial charge in [0.1, 0.15) is 23.7 Å². The number of carbonyl (C=O) groups excluding carboxylic acids is 4. The van der Waals surface area contributed by atoms with Crippen molar-refractivity contribution in [2.24, 2.45) is 5.92 Å². The maximum absolute atomic E-state index is 13.9. The maximum atomic E-state index is 13.9. The SMILES string of the molecule is COC(=O)NC(C(=O)N1CCCC1c1ncc(-c2ccc(C#Cc3ccc(-c4cnc(C5CCCN5C(=O)C(NC(=O)OC)C(C)C)[nH]4)cc3)cc2)[nH]1)c1ccccc1. The van der Waals surface area contributed by atoms with E-state index >= 15 is 0 Å². The van der Waals surface area contributed by atoms with E-state index in [0.717, 1.165) is 59.3 Å². The number of H-pyrrole nitrogens is 2. The van der Waals surface area contributed by atoms with Gasteiger partial charge in [0.2, 0.25) is 5.91 Å². The monoisotopic (exact) mass is 796 g/mol. The van der Waals surface area contributed by atoms with Crippen LogP contribution in [0.15, 0.2) is 91.3 Å². The average molecular weight is 797 g/mol. The number of rotatable bonds is 10. The highest BCUT2D eigenvalue weighted by molar-refractivity contribution is 5.88. The first-order chi connectivity index (χ1) is 28.6. The molecule has 3 aromatic carbocycles. The van der Waals surface area contributed by atoms with Crippen molar-refractivity contribution in [3.8, 4) is 34.4 Å². The number of aromatic amines is 2. The summed E-state index contributed by atoms with van der Waals surface area (Å²) in [5, 5.41) is 5.39. The van der Waals surface area contributed by atoms with Crippen LogP contribution in [0.2, 0.25) is 0 Å². The minimum atomic E-state index is -0.883. The highest BCUT2D eigenvalue weighted by Crippen LogP contribution is 2.35. The topological polar surface area (TPSA) is 175 Å². The molecule has 14 heteroatoms. The molecular weight excluding hydrogens is 749 g/mol. The number of ether oxygens (including phenoxy) is 2. The molecular formula is C45H48N8O6. The number of methoxy groups -OCH3 is 2. The number of benzene rings is 3. The van der Waals surface area contributed by atoms with Crippen molar-refractivity contribution < 1.29 is 28.7 Å². The Morgan fingerprint density at radius 1 is 0.678 bits per heavy atom. The second kappa shape index (κ2) is 18.1. The van der Waals surface area contributed by atoms with Gasteiger partial charge in [-0.05, 0) is 72.6 Å². The summed E-state index contributed by atoms with van der Waals surface area (Å²) in [6, 6.07) is 22.9. The normalized spacial score (nSPS) is 17.2. The highest BCUT2D eigenvalue weighted by Gasteiger charge is 2.38. The van der Waals surface area contributed by atoms with Gasteiger partial charge in [-0.25, -0.2) is 19.6 Å². The molecule has 59 heavy (non-hydrogen) atoms. The molecule has 4 N–H and O–H groups in total. The molecule has 2 aliphatic rings. The second-order valence-corrected chi connectivity index (χ2v) is 15.0. The lowest BCUT2D eigenvalue weighted by molar-refractivity contribution is -0.135. The Labute approximate surface area is 343 Å². The Bertz CT molecular complexity index is 2330. The van der Waals surface area contributed by atoms with Gasteiger partial charge >= 0.3 is 12.2 Å². The molecule has 4 unspecified atom stereocenters. The average Bonchev–Trinajstić information content (AvgIpc) is 4.11. The lowest BCUT2D eigenvalue weighted by Gasteiger charge is -2.30. The van der Waals surface area contributed by atoms with Crippen LogP contribution >= 0.6 is 0 Å². The van der Waals surface area contributed by atoms with E-state index in [0.29, 0.717) is 30.3 Å². The van der Waals surface area contributed by atoms with Gasteiger partial charge in [0, 0.05) is 24.2 Å². The fourth-order valence-electron chi connectivity index (χ4n) is 7.70. The first-order valence-corrected chi connectivity index (χ1v) is 19.8. The molecule has 0 saturated carbocycles. The first-order valence-electron chi connectivity index (χ1n) is 19.8. The van der Waals surface area contributed by atoms with Crippen LogP contribution in [0.3, 0.4) is 0 Å². The molecule has 7 rings (SSSR count). The number of likely N-dealkylation sites (tertiary alicyclic amines) is 2. The molecule has 2 aromatic heterocycles. The van der Waals surface area contributed by atoms with Crippen molar-refractivity contribution in [2.75, 3.05) is 27.3 Å². The standard InChI is InChI=1S/C45H48N8O6/c1-28(2)38(50-44(56)58-3)42(54)52-24-8-12-36(52)40-46-26-34(48-40)31-20-16-29(17-21-31)14-15-30-18-22-32(23-19-30)35-27-47-41(49-35)37-13-9-25-53(37)43(55)39(51-45(57)59-4)33-10-6-5-7-11-33/h5-7,10-11,16-23,26-28,36-39H,8-9,12-13,24-25H2,1-4H3,(H,46,48)(H,47,49)(H,50,56)(H,51,57). The molecule has 2 fully saturated rings. The number of hydrogen-bond acceptors (Lipinski definition) is 8. The Morgan fingerprint density at radius 3 is 1.63 bits per heavy atom. The fraction of sp³-hybridized carbons (Fsp3) is 0.333. The van der Waals surface area contributed by atoms with E-state index in [1.54, 1.807) is 22.2 Å². The zero-order chi connectivity index (χ0) is 41.5. The number of alkyl carbamates (subject to hydrolysis) is 2. The van der Waals surface area contributed by atoms with Gasteiger partial charge in [-0.1, -0.05) is 80.3 Å². The molecule has 4 amide bonds. The predicted octanol–water partition coefficient (Wildman–Crippen LogP) is 6.67. The van der Waals surface area contributed by atoms with E-state index in [1.165, 1.54) is 14.2 Å². The summed E-state index contributed by atoms with van der Waals surface area (Å²) in [5.41, 5.74) is 5.92. The van der Waals surface area contributed by atoms with Crippen molar-refractivity contribution in [1.82, 2.24) is 40.4 Å². The number of nitrogens with one attached hydrogen (secondary N) is 4. The van der Waals surface area contributed by atoms with Crippen LogP contribution in [-0.2, 0) is 19.1 Å². The van der Waals surface area contributed by atoms with Gasteiger partial charge in [-0.3, -0.25) is 9.59 Å². The van der Waals surface area contributed by atoms with Crippen molar-refractivity contribution in [2.45, 2.75) is 63.7 Å². The van der Waals surface area contributed by atoms with Crippen LogP contribution < -0.4 is 10.6 Å². The molecule has 0 bridgehead atoms. The van der Waals surface area contributed by atoms with Crippen LogP contribution in [0, 0.1) is 17.8 Å². The Balaban J connectivity index is 0.979. The van der Waals surface area contributed by atoms with Gasteiger partial charge in [0.25, 0.3) is 5.91 Å². The minimum Gasteiger partial charge on any atom is -0.453 e. The number of imidazole rings is 2. The van der Waals surface area contributed by atoms with Gasteiger partial charge in [0.05, 0.1) is 50.1 Å². The smallest absolute Gasteiger partial charge is 0.407 e. The van der Waals surface area contributed by atoms with Crippen LogP contribution in [0.1, 0.15) is 86.0 Å². The van der Waals surface area contributed by atoms with Crippen molar-refractivity contribution in [1.29, 1.82) is 0 Å². The molecule has 2 aliphatic heterocycles. The summed E-state index contributed by atoms with van der Waals surface area (Å²) in [6.45, 7) is 4.93. The number of aromatic nitrogens is 4. The summed E-state index contributed by atoms with van der Waals surface area (Å²) in [7, 11) is 2.56. The van der Waals surface area contributed by atoms with Crippen molar-refractivity contribution >= 4 is 24.0 Å². The number of amides is 4. The third-order valence-corrected chi connectivity index (χ3v) is 10.9. The van der Waals surface area contributed by atoms with Crippen molar-refractivity contribution in [3.63, 3.8) is 0 Å². The molecule has 0 aliphatic carbocycles. The summed E-state index contributed by atoms with van der Waals surface area (Å²) >= 11 is 0. The zero-order valence-corrected chi connectivity index (χ0v) is 33.5. The van der Waals surface area contributed by atoms with E-state index in [9.17, 15) is 19.2 Å². The molecule has 4 atom stereocenters. The molecule has 14 nitrogen and oxygen atoms in total. The number of hydrogen-bond donors (Lipinski definition) is 4. The third kappa shape index (κ3) is 9.15. The first kappa shape index (κ1) is 40.3. The Hall–Kier alpha value is -6.88. The molecule has 5 aromatic rings. The molecule has 304 valence electrons. The largest absolute Gasteiger partial charge is 0.453 e. The Kier molecular flexibility index (Phi) is 12.4. The van der Waals surface area contributed by atoms with E-state index < -0.39 is 24.3 Å². The van der Waals surface area contributed by atoms with E-state index in [4.69, 9.17) is 9.47 Å². The van der Waals surface area contributed by atoms with Crippen LogP contribution in [0.4, 0.5) is 9.59 Å². The lowest BCUT2D eigenvalue weighted by atomic mass is 10.0. The summed E-state index contributed by atoms with van der Waals surface area (Å²) in [6.07, 6.45) is 5.43. The zero-order valence-electron chi connectivity index (χ0n) is 33.5. The van der Waals surface area contributed by atoms with Gasteiger partial charge in [-0.2, -0.15) is 0 Å². The maximum Gasteiger partial charge on any atom is 0.407 e.